The molecule has 1 aliphatic rings. The first-order chi connectivity index (χ1) is 16.0. The molecule has 1 N–H and O–H groups in total. The normalized spacial score (nSPS) is 14.5. The zero-order valence-corrected chi connectivity index (χ0v) is 19.7. The molecule has 1 heterocycles. The molecule has 7 heteroatoms. The quantitative estimate of drug-likeness (QED) is 0.653. The second-order valence-corrected chi connectivity index (χ2v) is 8.20. The molecule has 0 radical (unpaired) electrons. The molecule has 7 nitrogen and oxygen atoms in total. The van der Waals surface area contributed by atoms with Crippen molar-refractivity contribution in [1.82, 2.24) is 9.80 Å². The van der Waals surface area contributed by atoms with Crippen LogP contribution in [0.1, 0.15) is 52.1 Å². The molecule has 2 aromatic carbocycles. The maximum absolute atomic E-state index is 13.0. The minimum Gasteiger partial charge on any atom is -0.465 e. The number of nitrogens with zero attached hydrogens (tertiary/aromatic N) is 2. The van der Waals surface area contributed by atoms with Gasteiger partial charge in [0.15, 0.2) is 0 Å². The molecule has 176 valence electrons. The molecule has 0 aliphatic carbocycles. The predicted octanol–water partition coefficient (Wildman–Crippen LogP) is 3.38. The van der Waals surface area contributed by atoms with Gasteiger partial charge in [0.1, 0.15) is 0 Å². The number of carbonyl (C=O) groups is 3. The number of aryl methyl sites for hydroxylation is 2. The molecule has 0 spiro atoms. The lowest BCUT2D eigenvalue weighted by Gasteiger charge is -2.22. The van der Waals surface area contributed by atoms with E-state index in [2.05, 4.69) is 36.2 Å². The van der Waals surface area contributed by atoms with Gasteiger partial charge in [0.05, 0.1) is 19.2 Å². The van der Waals surface area contributed by atoms with Crippen LogP contribution in [0.5, 0.6) is 0 Å². The van der Waals surface area contributed by atoms with Gasteiger partial charge in [-0.15, -0.1) is 0 Å². The van der Waals surface area contributed by atoms with Crippen LogP contribution < -0.4 is 5.32 Å². The van der Waals surface area contributed by atoms with Gasteiger partial charge in [0.2, 0.25) is 5.91 Å². The topological polar surface area (TPSA) is 79.0 Å². The Kier molecular flexibility index (Phi) is 8.60. The Morgan fingerprint density at radius 3 is 2.24 bits per heavy atom. The number of carbonyl (C=O) groups excluding carboxylic acids is 3. The van der Waals surface area contributed by atoms with E-state index in [4.69, 9.17) is 4.74 Å². The molecular weight excluding hydrogens is 418 g/mol. The Balaban J connectivity index is 1.60. The average molecular weight is 452 g/mol. The van der Waals surface area contributed by atoms with Crippen LogP contribution in [0.4, 0.5) is 5.69 Å². The van der Waals surface area contributed by atoms with E-state index in [1.807, 2.05) is 6.07 Å². The Morgan fingerprint density at radius 2 is 1.58 bits per heavy atom. The first kappa shape index (κ1) is 24.5. The van der Waals surface area contributed by atoms with Crippen LogP contribution in [0.15, 0.2) is 42.5 Å². The van der Waals surface area contributed by atoms with Gasteiger partial charge in [-0.25, -0.2) is 4.79 Å². The lowest BCUT2D eigenvalue weighted by atomic mass is 10.0. The van der Waals surface area contributed by atoms with E-state index in [9.17, 15) is 14.4 Å². The van der Waals surface area contributed by atoms with Crippen molar-refractivity contribution < 1.29 is 19.1 Å². The Labute approximate surface area is 195 Å². The summed E-state index contributed by atoms with van der Waals surface area (Å²) in [7, 11) is 1.32. The summed E-state index contributed by atoms with van der Waals surface area (Å²) >= 11 is 0. The van der Waals surface area contributed by atoms with Crippen LogP contribution in [0.3, 0.4) is 0 Å². The van der Waals surface area contributed by atoms with Crippen molar-refractivity contribution in [3.63, 3.8) is 0 Å². The highest BCUT2D eigenvalue weighted by Crippen LogP contribution is 2.22. The molecule has 0 unspecified atom stereocenters. The smallest absolute Gasteiger partial charge is 0.337 e. The zero-order chi connectivity index (χ0) is 23.8. The zero-order valence-electron chi connectivity index (χ0n) is 19.7. The molecule has 0 atom stereocenters. The van der Waals surface area contributed by atoms with Gasteiger partial charge in [-0.1, -0.05) is 38.1 Å². The van der Waals surface area contributed by atoms with E-state index >= 15 is 0 Å². The maximum atomic E-state index is 13.0. The fourth-order valence-corrected chi connectivity index (χ4v) is 4.20. The van der Waals surface area contributed by atoms with Crippen LogP contribution in [0.2, 0.25) is 0 Å². The molecule has 2 amide bonds. The van der Waals surface area contributed by atoms with E-state index in [1.165, 1.54) is 7.11 Å². The highest BCUT2D eigenvalue weighted by molar-refractivity contribution is 5.98. The van der Waals surface area contributed by atoms with Gasteiger partial charge in [-0.2, -0.15) is 0 Å². The lowest BCUT2D eigenvalue weighted by Crippen LogP contribution is -2.38. The third-order valence-corrected chi connectivity index (χ3v) is 6.04. The van der Waals surface area contributed by atoms with Crippen molar-refractivity contribution in [2.75, 3.05) is 45.2 Å². The summed E-state index contributed by atoms with van der Waals surface area (Å²) in [6.07, 6.45) is 2.50. The second kappa shape index (κ2) is 11.6. The van der Waals surface area contributed by atoms with Gasteiger partial charge in [-0.05, 0) is 48.6 Å². The van der Waals surface area contributed by atoms with Crippen molar-refractivity contribution in [3.8, 4) is 0 Å². The molecule has 1 fully saturated rings. The minimum atomic E-state index is -0.464. The van der Waals surface area contributed by atoms with Gasteiger partial charge in [-0.3, -0.25) is 14.5 Å². The van der Waals surface area contributed by atoms with E-state index in [-0.39, 0.29) is 11.8 Å². The number of nitrogens with one attached hydrogen (secondary N) is 1. The maximum Gasteiger partial charge on any atom is 0.337 e. The number of esters is 1. The highest BCUT2D eigenvalue weighted by atomic mass is 16.5. The Morgan fingerprint density at radius 1 is 0.909 bits per heavy atom. The third-order valence-electron chi connectivity index (χ3n) is 6.04. The Hall–Kier alpha value is -3.19. The van der Waals surface area contributed by atoms with Crippen molar-refractivity contribution >= 4 is 23.5 Å². The number of ether oxygens (including phenoxy) is 1. The van der Waals surface area contributed by atoms with Gasteiger partial charge >= 0.3 is 5.97 Å². The molecule has 0 aromatic heterocycles. The number of anilines is 1. The summed E-state index contributed by atoms with van der Waals surface area (Å²) in [6, 6.07) is 12.7. The molecule has 33 heavy (non-hydrogen) atoms. The van der Waals surface area contributed by atoms with E-state index in [0.717, 1.165) is 42.6 Å². The van der Waals surface area contributed by atoms with E-state index in [0.29, 0.717) is 37.3 Å². The Bertz CT molecular complexity index is 983. The second-order valence-electron chi connectivity index (χ2n) is 8.20. The first-order valence-electron chi connectivity index (χ1n) is 11.6. The minimum absolute atomic E-state index is 0.0313. The highest BCUT2D eigenvalue weighted by Gasteiger charge is 2.22. The number of hydrogen-bond acceptors (Lipinski definition) is 5. The fourth-order valence-electron chi connectivity index (χ4n) is 4.20. The largest absolute Gasteiger partial charge is 0.465 e. The van der Waals surface area contributed by atoms with E-state index < -0.39 is 5.97 Å². The number of benzene rings is 2. The van der Waals surface area contributed by atoms with Crippen LogP contribution in [-0.4, -0.2) is 67.4 Å². The molecule has 1 saturated heterocycles. The number of hydrogen-bond donors (Lipinski definition) is 1. The van der Waals surface area contributed by atoms with Crippen molar-refractivity contribution in [2.45, 2.75) is 33.1 Å². The number of amides is 2. The third kappa shape index (κ3) is 6.20. The standard InChI is InChI=1S/C26H33N3O4/c1-4-19-9-6-10-20(5-2)24(19)27-23(30)18-28-13-8-14-29(16-15-28)25(31)21-11-7-12-22(17-21)26(32)33-3/h6-7,9-12,17H,4-5,8,13-16,18H2,1-3H3,(H,27,30). The SMILES string of the molecule is CCc1cccc(CC)c1NC(=O)CN1CCCN(C(=O)c2cccc(C(=O)OC)c2)CC1. The van der Waals surface area contributed by atoms with Crippen LogP contribution in [0.25, 0.3) is 0 Å². The average Bonchev–Trinajstić information content (AvgIpc) is 3.08. The van der Waals surface area contributed by atoms with Gasteiger partial charge in [0, 0.05) is 37.4 Å². The van der Waals surface area contributed by atoms with Crippen LogP contribution in [-0.2, 0) is 22.4 Å². The first-order valence-corrected chi connectivity index (χ1v) is 11.6. The van der Waals surface area contributed by atoms with Crippen LogP contribution >= 0.6 is 0 Å². The summed E-state index contributed by atoms with van der Waals surface area (Å²) < 4.78 is 4.75. The number of methoxy groups -OCH3 is 1. The molecule has 1 aliphatic heterocycles. The molecule has 2 aromatic rings. The van der Waals surface area contributed by atoms with Crippen molar-refractivity contribution in [2.24, 2.45) is 0 Å². The number of rotatable bonds is 7. The fraction of sp³-hybridized carbons (Fsp3) is 0.423. The lowest BCUT2D eigenvalue weighted by molar-refractivity contribution is -0.117. The monoisotopic (exact) mass is 451 g/mol. The van der Waals surface area contributed by atoms with Crippen LogP contribution in [0, 0.1) is 0 Å². The van der Waals surface area contributed by atoms with Gasteiger partial charge < -0.3 is 15.0 Å². The molecular formula is C26H33N3O4. The van der Waals surface area contributed by atoms with Gasteiger partial charge in [0.25, 0.3) is 5.91 Å². The summed E-state index contributed by atoms with van der Waals surface area (Å²) in [6.45, 7) is 6.97. The summed E-state index contributed by atoms with van der Waals surface area (Å²) in [5, 5.41) is 3.13. The van der Waals surface area contributed by atoms with Crippen molar-refractivity contribution in [3.05, 3.63) is 64.7 Å². The van der Waals surface area contributed by atoms with Crippen molar-refractivity contribution in [1.29, 1.82) is 0 Å². The summed E-state index contributed by atoms with van der Waals surface area (Å²) in [4.78, 5) is 41.5. The molecule has 0 saturated carbocycles. The molecule has 3 rings (SSSR count). The summed E-state index contributed by atoms with van der Waals surface area (Å²) in [5.74, 6) is -0.610. The number of para-hydroxylation sites is 1. The molecule has 0 bridgehead atoms. The predicted molar refractivity (Wildman–Crippen MR) is 129 cm³/mol. The summed E-state index contributed by atoms with van der Waals surface area (Å²) in [5.41, 5.74) is 4.04. The van der Waals surface area contributed by atoms with E-state index in [1.54, 1.807) is 29.2 Å².